The molecule has 0 N–H and O–H groups in total. The van der Waals surface area contributed by atoms with Gasteiger partial charge in [0.25, 0.3) is 0 Å². The number of benzene rings is 1. The molecule has 0 fully saturated rings. The summed E-state index contributed by atoms with van der Waals surface area (Å²) in [4.78, 5) is 10.3. The lowest BCUT2D eigenvalue weighted by Gasteiger charge is -1.94. The average Bonchev–Trinajstić information content (AvgIpc) is 1.85. The third-order valence-corrected chi connectivity index (χ3v) is 1.53. The summed E-state index contributed by atoms with van der Waals surface area (Å²) in [7, 11) is 0. The van der Waals surface area contributed by atoms with Crippen molar-refractivity contribution in [2.24, 2.45) is 0 Å². The lowest BCUT2D eigenvalue weighted by Crippen LogP contribution is -1.93. The van der Waals surface area contributed by atoms with Crippen LogP contribution in [-0.2, 0) is 5.11 Å². The monoisotopic (exact) mass is 189 g/mol. The number of hydrogen-bond acceptors (Lipinski definition) is 1. The molecule has 4 heteroatoms. The molecule has 1 rings (SSSR count). The van der Waals surface area contributed by atoms with E-state index in [9.17, 15) is 9.90 Å². The average molecular weight is 190 g/mol. The van der Waals surface area contributed by atoms with Gasteiger partial charge >= 0.3 is 5.97 Å². The van der Waals surface area contributed by atoms with Crippen LogP contribution in [0.1, 0.15) is 10.4 Å². The Kier molecular flexibility index (Phi) is 2.37. The summed E-state index contributed by atoms with van der Waals surface area (Å²) in [6, 6.07) is 4.01. The van der Waals surface area contributed by atoms with Crippen LogP contribution in [0.5, 0.6) is 0 Å². The van der Waals surface area contributed by atoms with Gasteiger partial charge in [0.15, 0.2) is 0 Å². The first-order valence-electron chi connectivity index (χ1n) is 2.77. The van der Waals surface area contributed by atoms with Crippen molar-refractivity contribution in [1.29, 1.82) is 0 Å². The quantitative estimate of drug-likeness (QED) is 0.670. The van der Waals surface area contributed by atoms with E-state index in [2.05, 4.69) is 0 Å². The van der Waals surface area contributed by atoms with Crippen LogP contribution in [0.4, 0.5) is 0 Å². The zero-order chi connectivity index (χ0) is 8.43. The molecule has 0 bridgehead atoms. The van der Waals surface area contributed by atoms with Gasteiger partial charge in [0.05, 0.1) is 5.56 Å². The van der Waals surface area contributed by atoms with Crippen LogP contribution in [0.2, 0.25) is 10.0 Å². The lowest BCUT2D eigenvalue weighted by atomic mass is 10.2. The Labute approximate surface area is 73.4 Å². The molecule has 0 aliphatic rings. The Bertz CT molecular complexity index is 276. The molecule has 1 aromatic rings. The van der Waals surface area contributed by atoms with E-state index in [1.54, 1.807) is 0 Å². The zero-order valence-electron chi connectivity index (χ0n) is 5.30. The summed E-state index contributed by atoms with van der Waals surface area (Å²) in [5.41, 5.74) is -0.0116. The highest BCUT2D eigenvalue weighted by molar-refractivity contribution is 6.35. The first kappa shape index (κ1) is 8.37. The van der Waals surface area contributed by atoms with Crippen molar-refractivity contribution in [1.82, 2.24) is 0 Å². The predicted molar refractivity (Wildman–Crippen MR) is 41.5 cm³/mol. The van der Waals surface area contributed by atoms with E-state index in [-0.39, 0.29) is 15.6 Å². The predicted octanol–water partition coefficient (Wildman–Crippen LogP) is 2.56. The molecule has 57 valence electrons. The largest absolute Gasteiger partial charge is 0.386 e. The molecular weight excluding hydrogens is 187 g/mol. The van der Waals surface area contributed by atoms with Crippen molar-refractivity contribution in [3.8, 4) is 0 Å². The van der Waals surface area contributed by atoms with Gasteiger partial charge in [0.2, 0.25) is 0 Å². The van der Waals surface area contributed by atoms with Crippen LogP contribution in [-0.4, -0.2) is 5.97 Å². The van der Waals surface area contributed by atoms with Crippen LogP contribution < -0.4 is 0 Å². The van der Waals surface area contributed by atoms with Crippen LogP contribution in [0.15, 0.2) is 18.2 Å². The van der Waals surface area contributed by atoms with E-state index < -0.39 is 5.97 Å². The fourth-order valence-electron chi connectivity index (χ4n) is 0.672. The van der Waals surface area contributed by atoms with Gasteiger partial charge in [-0.2, -0.15) is 0 Å². The second-order valence-corrected chi connectivity index (χ2v) is 2.82. The highest BCUT2D eigenvalue weighted by Crippen LogP contribution is 2.18. The number of rotatable bonds is 1. The zero-order valence-corrected chi connectivity index (χ0v) is 6.82. The maximum Gasteiger partial charge on any atom is 0.386 e. The van der Waals surface area contributed by atoms with Gasteiger partial charge in [-0.05, 0) is 18.2 Å². The van der Waals surface area contributed by atoms with E-state index >= 15 is 0 Å². The minimum atomic E-state index is -1.28. The number of carbonyl (C=O) groups excluding carboxylic acids is 1. The minimum absolute atomic E-state index is 0.0116. The summed E-state index contributed by atoms with van der Waals surface area (Å²) >= 11 is 11.0. The summed E-state index contributed by atoms with van der Waals surface area (Å²) in [5, 5.41) is 10.9. The first-order valence-corrected chi connectivity index (χ1v) is 3.52. The standard InChI is InChI=1S/C7H3Cl2O2/c8-5-1-4(7(10)11)2-6(9)3-5/h1-3H. The van der Waals surface area contributed by atoms with Crippen molar-refractivity contribution in [2.45, 2.75) is 0 Å². The molecule has 11 heavy (non-hydrogen) atoms. The van der Waals surface area contributed by atoms with Gasteiger partial charge < -0.3 is 0 Å². The molecule has 0 saturated carbocycles. The van der Waals surface area contributed by atoms with Crippen molar-refractivity contribution < 1.29 is 9.90 Å². The van der Waals surface area contributed by atoms with Gasteiger partial charge in [0, 0.05) is 10.0 Å². The topological polar surface area (TPSA) is 37.0 Å². The van der Waals surface area contributed by atoms with Crippen LogP contribution in [0.25, 0.3) is 0 Å². The number of hydrogen-bond donors (Lipinski definition) is 0. The Morgan fingerprint density at radius 1 is 1.09 bits per heavy atom. The highest BCUT2D eigenvalue weighted by Gasteiger charge is 2.06. The van der Waals surface area contributed by atoms with Crippen molar-refractivity contribution in [3.63, 3.8) is 0 Å². The van der Waals surface area contributed by atoms with Crippen molar-refractivity contribution in [2.75, 3.05) is 0 Å². The molecular formula is C7H3Cl2O2. The molecule has 0 spiro atoms. The van der Waals surface area contributed by atoms with Gasteiger partial charge in [0.1, 0.15) is 0 Å². The minimum Gasteiger partial charge on any atom is -0.242 e. The fraction of sp³-hybridized carbons (Fsp3) is 0. The highest BCUT2D eigenvalue weighted by atomic mass is 35.5. The fourth-order valence-corrected chi connectivity index (χ4v) is 1.20. The molecule has 0 aliphatic heterocycles. The van der Waals surface area contributed by atoms with Crippen LogP contribution >= 0.6 is 23.2 Å². The molecule has 0 aliphatic carbocycles. The first-order chi connectivity index (χ1) is 5.09. The van der Waals surface area contributed by atoms with Gasteiger partial charge in [-0.3, -0.25) is 0 Å². The molecule has 0 amide bonds. The third kappa shape index (κ3) is 2.10. The smallest absolute Gasteiger partial charge is 0.242 e. The summed E-state index contributed by atoms with van der Waals surface area (Å²) in [6.07, 6.45) is 0. The number of halogens is 2. The molecule has 0 aromatic heterocycles. The molecule has 0 saturated heterocycles. The summed E-state index contributed by atoms with van der Waals surface area (Å²) in [5.74, 6) is -1.28. The molecule has 0 atom stereocenters. The maximum atomic E-state index is 10.3. The normalized spacial score (nSPS) is 9.64. The summed E-state index contributed by atoms with van der Waals surface area (Å²) < 4.78 is 0. The van der Waals surface area contributed by atoms with E-state index in [1.165, 1.54) is 18.2 Å². The third-order valence-electron chi connectivity index (χ3n) is 1.10. The molecule has 0 heterocycles. The van der Waals surface area contributed by atoms with Crippen molar-refractivity contribution in [3.05, 3.63) is 33.8 Å². The SMILES string of the molecule is [O]C(=O)c1cc(Cl)cc(Cl)c1. The Morgan fingerprint density at radius 3 is 1.91 bits per heavy atom. The van der Waals surface area contributed by atoms with Crippen LogP contribution in [0, 0.1) is 0 Å². The number of carbonyl (C=O) groups is 1. The second kappa shape index (κ2) is 3.11. The van der Waals surface area contributed by atoms with Crippen LogP contribution in [0.3, 0.4) is 0 Å². The Balaban J connectivity index is 3.19. The van der Waals surface area contributed by atoms with Crippen molar-refractivity contribution >= 4 is 29.2 Å². The van der Waals surface area contributed by atoms with Gasteiger partial charge in [-0.1, -0.05) is 23.2 Å². The Morgan fingerprint density at radius 2 is 1.55 bits per heavy atom. The lowest BCUT2D eigenvalue weighted by molar-refractivity contribution is 0.0573. The van der Waals surface area contributed by atoms with E-state index in [4.69, 9.17) is 23.2 Å². The van der Waals surface area contributed by atoms with Gasteiger partial charge in [-0.15, -0.1) is 0 Å². The van der Waals surface area contributed by atoms with E-state index in [0.717, 1.165) is 0 Å². The molecule has 0 unspecified atom stereocenters. The molecule has 2 nitrogen and oxygen atoms in total. The maximum absolute atomic E-state index is 10.3. The van der Waals surface area contributed by atoms with E-state index in [1.807, 2.05) is 0 Å². The summed E-state index contributed by atoms with van der Waals surface area (Å²) in [6.45, 7) is 0. The molecule has 1 aromatic carbocycles. The second-order valence-electron chi connectivity index (χ2n) is 1.95. The molecule has 1 radical (unpaired) electrons. The van der Waals surface area contributed by atoms with Gasteiger partial charge in [-0.25, -0.2) is 9.90 Å². The Hall–Kier alpha value is -0.730. The van der Waals surface area contributed by atoms with E-state index in [0.29, 0.717) is 0 Å².